The molecule has 0 aliphatic rings. The molecule has 14 heavy (non-hydrogen) atoms. The van der Waals surface area contributed by atoms with E-state index in [9.17, 15) is 13.2 Å². The molecule has 0 saturated heterocycles. The van der Waals surface area contributed by atoms with Gasteiger partial charge in [0.1, 0.15) is 5.71 Å². The fraction of sp³-hybridized carbons (Fsp3) is 0.100. The predicted molar refractivity (Wildman–Crippen MR) is 49.4 cm³/mol. The van der Waals surface area contributed by atoms with E-state index >= 15 is 0 Å². The Bertz CT molecular complexity index is 349. The molecule has 0 saturated carbocycles. The molecule has 4 heteroatoms. The van der Waals surface area contributed by atoms with Gasteiger partial charge in [0.25, 0.3) is 0 Å². The zero-order valence-electron chi connectivity index (χ0n) is 7.23. The normalized spacial score (nSPS) is 11.1. The Balaban J connectivity index is 2.98. The van der Waals surface area contributed by atoms with Gasteiger partial charge in [-0.15, -0.1) is 0 Å². The zero-order valence-corrected chi connectivity index (χ0v) is 7.23. The summed E-state index contributed by atoms with van der Waals surface area (Å²) in [5.74, 6) is 0. The number of nitrogens with one attached hydrogen (secondary N) is 1. The summed E-state index contributed by atoms with van der Waals surface area (Å²) in [7, 11) is 0. The monoisotopic (exact) mass is 199 g/mol. The molecule has 0 aromatic heterocycles. The first-order valence-corrected chi connectivity index (χ1v) is 3.84. The molecule has 1 nitrogen and oxygen atoms in total. The molecular formula is C10H8F3N. The summed E-state index contributed by atoms with van der Waals surface area (Å²) in [5.41, 5.74) is -0.736. The number of hydrogen-bond donors (Lipinski definition) is 1. The average Bonchev–Trinajstić information content (AvgIpc) is 2.15. The number of rotatable bonds is 2. The van der Waals surface area contributed by atoms with Crippen molar-refractivity contribution in [1.82, 2.24) is 0 Å². The molecule has 0 fully saturated rings. The van der Waals surface area contributed by atoms with Crippen molar-refractivity contribution in [2.24, 2.45) is 0 Å². The minimum atomic E-state index is -4.59. The average molecular weight is 199 g/mol. The van der Waals surface area contributed by atoms with Gasteiger partial charge in [0, 0.05) is 5.56 Å². The minimum absolute atomic E-state index is 0.136. The van der Waals surface area contributed by atoms with E-state index < -0.39 is 11.9 Å². The summed E-state index contributed by atoms with van der Waals surface area (Å²) in [6, 6.07) is 5.49. The second kappa shape index (κ2) is 3.65. The number of alkyl halides is 3. The highest BCUT2D eigenvalue weighted by molar-refractivity contribution is 6.02. The van der Waals surface area contributed by atoms with Crippen molar-refractivity contribution >= 4 is 11.8 Å². The van der Waals surface area contributed by atoms with Gasteiger partial charge >= 0.3 is 6.18 Å². The lowest BCUT2D eigenvalue weighted by atomic mass is 10.1. The van der Waals surface area contributed by atoms with Crippen molar-refractivity contribution in [1.29, 1.82) is 5.41 Å². The van der Waals surface area contributed by atoms with E-state index in [4.69, 9.17) is 5.41 Å². The van der Waals surface area contributed by atoms with E-state index in [0.717, 1.165) is 5.56 Å². The molecule has 0 amide bonds. The van der Waals surface area contributed by atoms with Gasteiger partial charge in [0.15, 0.2) is 0 Å². The second-order valence-electron chi connectivity index (χ2n) is 2.70. The van der Waals surface area contributed by atoms with Crippen molar-refractivity contribution < 1.29 is 13.2 Å². The van der Waals surface area contributed by atoms with Gasteiger partial charge in [0.2, 0.25) is 0 Å². The van der Waals surface area contributed by atoms with Gasteiger partial charge in [0.05, 0.1) is 0 Å². The smallest absolute Gasteiger partial charge is 0.296 e. The molecule has 0 atom stereocenters. The predicted octanol–water partition coefficient (Wildman–Crippen LogP) is 3.26. The van der Waals surface area contributed by atoms with Crippen LogP contribution in [0.1, 0.15) is 11.1 Å². The fourth-order valence-corrected chi connectivity index (χ4v) is 0.950. The van der Waals surface area contributed by atoms with Crippen LogP contribution < -0.4 is 0 Å². The first-order valence-electron chi connectivity index (χ1n) is 3.84. The van der Waals surface area contributed by atoms with Crippen LogP contribution >= 0.6 is 0 Å². The Labute approximate surface area is 79.4 Å². The van der Waals surface area contributed by atoms with Crippen LogP contribution in [0.5, 0.6) is 0 Å². The minimum Gasteiger partial charge on any atom is -0.296 e. The molecular weight excluding hydrogens is 191 g/mol. The largest absolute Gasteiger partial charge is 0.433 e. The SMILES string of the molecule is C=Cc1ccc(C(=N)C(F)(F)F)cc1. The maximum atomic E-state index is 12.1. The van der Waals surface area contributed by atoms with Gasteiger partial charge in [-0.05, 0) is 5.56 Å². The molecule has 0 heterocycles. The van der Waals surface area contributed by atoms with Gasteiger partial charge in [-0.3, -0.25) is 5.41 Å². The Morgan fingerprint density at radius 2 is 1.71 bits per heavy atom. The van der Waals surface area contributed by atoms with Crippen LogP contribution in [0.25, 0.3) is 6.08 Å². The van der Waals surface area contributed by atoms with E-state index in [-0.39, 0.29) is 5.56 Å². The van der Waals surface area contributed by atoms with Crippen LogP contribution in [0.2, 0.25) is 0 Å². The van der Waals surface area contributed by atoms with Crippen molar-refractivity contribution in [2.45, 2.75) is 6.18 Å². The number of halogens is 3. The maximum Gasteiger partial charge on any atom is 0.433 e. The molecule has 1 N–H and O–H groups in total. The van der Waals surface area contributed by atoms with Crippen LogP contribution in [0.4, 0.5) is 13.2 Å². The molecule has 0 aliphatic carbocycles. The van der Waals surface area contributed by atoms with E-state index in [1.807, 2.05) is 0 Å². The summed E-state index contributed by atoms with van der Waals surface area (Å²) in [5, 5.41) is 6.86. The van der Waals surface area contributed by atoms with Gasteiger partial charge in [-0.2, -0.15) is 13.2 Å². The molecule has 0 aliphatic heterocycles. The summed E-state index contributed by atoms with van der Waals surface area (Å²) < 4.78 is 36.2. The van der Waals surface area contributed by atoms with Crippen LogP contribution in [0, 0.1) is 5.41 Å². The van der Waals surface area contributed by atoms with E-state index in [1.54, 1.807) is 0 Å². The highest BCUT2D eigenvalue weighted by Crippen LogP contribution is 2.21. The molecule has 0 radical (unpaired) electrons. The molecule has 1 rings (SSSR count). The van der Waals surface area contributed by atoms with Crippen molar-refractivity contribution in [3.63, 3.8) is 0 Å². The summed E-state index contributed by atoms with van der Waals surface area (Å²) >= 11 is 0. The molecule has 0 bridgehead atoms. The molecule has 1 aromatic rings. The summed E-state index contributed by atoms with van der Waals surface area (Å²) in [6.45, 7) is 3.48. The molecule has 1 aromatic carbocycles. The van der Waals surface area contributed by atoms with Crippen molar-refractivity contribution in [3.05, 3.63) is 42.0 Å². The van der Waals surface area contributed by atoms with E-state index in [1.165, 1.54) is 30.3 Å². The summed E-state index contributed by atoms with van der Waals surface area (Å²) in [6.07, 6.45) is -3.06. The first kappa shape index (κ1) is 10.5. The van der Waals surface area contributed by atoms with Crippen LogP contribution in [-0.4, -0.2) is 11.9 Å². The highest BCUT2D eigenvalue weighted by Gasteiger charge is 2.34. The van der Waals surface area contributed by atoms with E-state index in [0.29, 0.717) is 0 Å². The standard InChI is InChI=1S/C10H8F3N/c1-2-7-3-5-8(6-4-7)9(14)10(11,12)13/h2-6,14H,1H2. The van der Waals surface area contributed by atoms with Gasteiger partial charge in [-0.1, -0.05) is 36.9 Å². The lowest BCUT2D eigenvalue weighted by molar-refractivity contribution is -0.0587. The molecule has 74 valence electrons. The topological polar surface area (TPSA) is 23.9 Å². The van der Waals surface area contributed by atoms with Crippen LogP contribution in [-0.2, 0) is 0 Å². The number of benzene rings is 1. The fourth-order valence-electron chi connectivity index (χ4n) is 0.950. The highest BCUT2D eigenvalue weighted by atomic mass is 19.4. The van der Waals surface area contributed by atoms with Gasteiger partial charge in [-0.25, -0.2) is 0 Å². The Hall–Kier alpha value is -1.58. The van der Waals surface area contributed by atoms with Crippen LogP contribution in [0.15, 0.2) is 30.8 Å². The van der Waals surface area contributed by atoms with Gasteiger partial charge < -0.3 is 0 Å². The van der Waals surface area contributed by atoms with Crippen molar-refractivity contribution in [3.8, 4) is 0 Å². The lowest BCUT2D eigenvalue weighted by Crippen LogP contribution is -2.22. The third-order valence-electron chi connectivity index (χ3n) is 1.72. The zero-order chi connectivity index (χ0) is 10.8. The Morgan fingerprint density at radius 3 is 2.07 bits per heavy atom. The third-order valence-corrected chi connectivity index (χ3v) is 1.72. The van der Waals surface area contributed by atoms with Crippen molar-refractivity contribution in [2.75, 3.05) is 0 Å². The Morgan fingerprint density at radius 1 is 1.21 bits per heavy atom. The molecule has 0 unspecified atom stereocenters. The summed E-state index contributed by atoms with van der Waals surface area (Å²) in [4.78, 5) is 0. The lowest BCUT2D eigenvalue weighted by Gasteiger charge is -2.07. The Kier molecular flexibility index (Phi) is 2.74. The maximum absolute atomic E-state index is 12.1. The van der Waals surface area contributed by atoms with Crippen LogP contribution in [0.3, 0.4) is 0 Å². The second-order valence-corrected chi connectivity index (χ2v) is 2.70. The molecule has 0 spiro atoms. The quantitative estimate of drug-likeness (QED) is 0.707. The first-order chi connectivity index (χ1) is 6.45. The van der Waals surface area contributed by atoms with E-state index in [2.05, 4.69) is 6.58 Å². The third kappa shape index (κ3) is 2.22. The number of hydrogen-bond acceptors (Lipinski definition) is 1.